The van der Waals surface area contributed by atoms with E-state index >= 15 is 0 Å². The van der Waals surface area contributed by atoms with Crippen molar-refractivity contribution in [3.8, 4) is 0 Å². The Labute approximate surface area is 135 Å². The first-order chi connectivity index (χ1) is 11.0. The highest BCUT2D eigenvalue weighted by molar-refractivity contribution is 7.89. The third-order valence-corrected chi connectivity index (χ3v) is 5.68. The fourth-order valence-corrected chi connectivity index (χ4v) is 4.46. The summed E-state index contributed by atoms with van der Waals surface area (Å²) in [5.41, 5.74) is 5.70. The molecule has 1 aliphatic heterocycles. The fraction of sp³-hybridized carbons (Fsp3) is 0.312. The van der Waals surface area contributed by atoms with Gasteiger partial charge in [0.15, 0.2) is 0 Å². The number of amides is 1. The molecule has 2 aromatic carbocycles. The van der Waals surface area contributed by atoms with E-state index in [0.29, 0.717) is 16.3 Å². The molecule has 1 aliphatic rings. The van der Waals surface area contributed by atoms with Gasteiger partial charge >= 0.3 is 0 Å². The lowest BCUT2D eigenvalue weighted by Gasteiger charge is -2.24. The van der Waals surface area contributed by atoms with E-state index in [-0.39, 0.29) is 10.9 Å². The zero-order valence-corrected chi connectivity index (χ0v) is 13.4. The second-order valence-corrected chi connectivity index (χ2v) is 7.35. The maximum absolute atomic E-state index is 12.7. The number of carbonyl (C=O) groups is 1. The molecular formula is C16H19N3O3S. The smallest absolute Gasteiger partial charge is 0.249 e. The molecule has 0 radical (unpaired) electrons. The van der Waals surface area contributed by atoms with Crippen molar-refractivity contribution in [3.05, 3.63) is 42.0 Å². The van der Waals surface area contributed by atoms with Crippen molar-refractivity contribution in [1.82, 2.24) is 10.0 Å². The number of sulfonamides is 1. The Balaban J connectivity index is 2.05. The van der Waals surface area contributed by atoms with Crippen molar-refractivity contribution in [2.24, 2.45) is 5.73 Å². The van der Waals surface area contributed by atoms with E-state index in [4.69, 9.17) is 5.73 Å². The van der Waals surface area contributed by atoms with E-state index in [2.05, 4.69) is 10.0 Å². The van der Waals surface area contributed by atoms with Gasteiger partial charge in [-0.15, -0.1) is 0 Å². The van der Waals surface area contributed by atoms with Gasteiger partial charge in [-0.25, -0.2) is 13.1 Å². The van der Waals surface area contributed by atoms with Crippen LogP contribution in [0.4, 0.5) is 0 Å². The lowest BCUT2D eigenvalue weighted by molar-refractivity contribution is 0.100. The molecule has 0 aliphatic carbocycles. The summed E-state index contributed by atoms with van der Waals surface area (Å²) >= 11 is 0. The standard InChI is InChI=1S/C16H19N3O3S/c17-16(20)14-5-6-15(13-4-2-1-3-12(13)14)23(21,22)19-11-7-9-18-10-8-11/h1-6,11,18-19H,7-10H2,(H2,17,20). The molecule has 23 heavy (non-hydrogen) atoms. The van der Waals surface area contributed by atoms with Gasteiger partial charge in [-0.3, -0.25) is 4.79 Å². The van der Waals surface area contributed by atoms with Crippen LogP contribution in [0.1, 0.15) is 23.2 Å². The minimum Gasteiger partial charge on any atom is -0.366 e. The van der Waals surface area contributed by atoms with Crippen LogP contribution in [0.2, 0.25) is 0 Å². The molecule has 0 aromatic heterocycles. The summed E-state index contributed by atoms with van der Waals surface area (Å²) in [4.78, 5) is 11.7. The van der Waals surface area contributed by atoms with Gasteiger partial charge in [0.2, 0.25) is 15.9 Å². The van der Waals surface area contributed by atoms with E-state index in [9.17, 15) is 13.2 Å². The summed E-state index contributed by atoms with van der Waals surface area (Å²) in [5, 5.41) is 4.26. The lowest BCUT2D eigenvalue weighted by Crippen LogP contribution is -2.42. The number of nitrogens with one attached hydrogen (secondary N) is 2. The van der Waals surface area contributed by atoms with Gasteiger partial charge in [0, 0.05) is 17.0 Å². The van der Waals surface area contributed by atoms with Crippen LogP contribution in [0.3, 0.4) is 0 Å². The second kappa shape index (κ2) is 6.27. The Bertz CT molecular complexity index is 843. The van der Waals surface area contributed by atoms with E-state index in [0.717, 1.165) is 25.9 Å². The Morgan fingerprint density at radius 3 is 2.39 bits per heavy atom. The maximum atomic E-state index is 12.7. The summed E-state index contributed by atoms with van der Waals surface area (Å²) in [5.74, 6) is -0.573. The second-order valence-electron chi connectivity index (χ2n) is 5.67. The normalized spacial score (nSPS) is 16.5. The zero-order valence-electron chi connectivity index (χ0n) is 12.6. The van der Waals surface area contributed by atoms with Crippen LogP contribution in [0, 0.1) is 0 Å². The first-order valence-electron chi connectivity index (χ1n) is 7.53. The number of benzene rings is 2. The molecule has 0 unspecified atom stereocenters. The Morgan fingerprint density at radius 2 is 1.74 bits per heavy atom. The van der Waals surface area contributed by atoms with Crippen molar-refractivity contribution in [2.75, 3.05) is 13.1 Å². The molecule has 1 amide bonds. The molecule has 7 heteroatoms. The monoisotopic (exact) mass is 333 g/mol. The van der Waals surface area contributed by atoms with E-state index in [1.807, 2.05) is 0 Å². The number of hydrogen-bond donors (Lipinski definition) is 3. The Hall–Kier alpha value is -1.96. The molecule has 1 saturated heterocycles. The van der Waals surface area contributed by atoms with Gasteiger partial charge in [-0.1, -0.05) is 24.3 Å². The van der Waals surface area contributed by atoms with Crippen molar-refractivity contribution in [1.29, 1.82) is 0 Å². The maximum Gasteiger partial charge on any atom is 0.249 e. The molecular weight excluding hydrogens is 314 g/mol. The van der Waals surface area contributed by atoms with Crippen LogP contribution in [-0.4, -0.2) is 33.5 Å². The van der Waals surface area contributed by atoms with Crippen molar-refractivity contribution in [2.45, 2.75) is 23.8 Å². The molecule has 4 N–H and O–H groups in total. The Morgan fingerprint density at radius 1 is 1.09 bits per heavy atom. The summed E-state index contributed by atoms with van der Waals surface area (Å²) in [6, 6.07) is 9.75. The van der Waals surface area contributed by atoms with E-state index in [1.54, 1.807) is 24.3 Å². The van der Waals surface area contributed by atoms with E-state index < -0.39 is 15.9 Å². The van der Waals surface area contributed by atoms with Gasteiger partial charge in [0.25, 0.3) is 0 Å². The SMILES string of the molecule is NC(=O)c1ccc(S(=O)(=O)NC2CCNCC2)c2ccccc12. The fourth-order valence-electron chi connectivity index (χ4n) is 2.94. The lowest BCUT2D eigenvalue weighted by atomic mass is 10.0. The molecule has 0 atom stereocenters. The van der Waals surface area contributed by atoms with Crippen LogP contribution >= 0.6 is 0 Å². The highest BCUT2D eigenvalue weighted by atomic mass is 32.2. The van der Waals surface area contributed by atoms with Gasteiger partial charge < -0.3 is 11.1 Å². The number of primary amides is 1. The van der Waals surface area contributed by atoms with Gasteiger partial charge in [-0.2, -0.15) is 0 Å². The molecule has 0 saturated carbocycles. The predicted molar refractivity (Wildman–Crippen MR) is 88.7 cm³/mol. The Kier molecular flexibility index (Phi) is 4.34. The third-order valence-electron chi connectivity index (χ3n) is 4.10. The first-order valence-corrected chi connectivity index (χ1v) is 9.02. The molecule has 0 spiro atoms. The minimum absolute atomic E-state index is 0.0733. The van der Waals surface area contributed by atoms with Gasteiger partial charge in [0.1, 0.15) is 0 Å². The number of piperidine rings is 1. The minimum atomic E-state index is -3.66. The average molecular weight is 333 g/mol. The predicted octanol–water partition coefficient (Wildman–Crippen LogP) is 0.969. The van der Waals surface area contributed by atoms with Crippen LogP contribution in [0.5, 0.6) is 0 Å². The van der Waals surface area contributed by atoms with Gasteiger partial charge in [-0.05, 0) is 43.5 Å². The summed E-state index contributed by atoms with van der Waals surface area (Å²) in [7, 11) is -3.66. The summed E-state index contributed by atoms with van der Waals surface area (Å²) in [6.07, 6.45) is 1.52. The first kappa shape index (κ1) is 15.9. The molecule has 6 nitrogen and oxygen atoms in total. The van der Waals surface area contributed by atoms with Crippen molar-refractivity contribution >= 4 is 26.7 Å². The largest absolute Gasteiger partial charge is 0.366 e. The number of rotatable bonds is 4. The van der Waals surface area contributed by atoms with Gasteiger partial charge in [0.05, 0.1) is 4.90 Å². The average Bonchev–Trinajstić information content (AvgIpc) is 2.54. The molecule has 1 heterocycles. The van der Waals surface area contributed by atoms with Crippen molar-refractivity contribution in [3.63, 3.8) is 0 Å². The van der Waals surface area contributed by atoms with Crippen LogP contribution in [-0.2, 0) is 10.0 Å². The highest BCUT2D eigenvalue weighted by Gasteiger charge is 2.24. The van der Waals surface area contributed by atoms with Crippen molar-refractivity contribution < 1.29 is 13.2 Å². The quantitative estimate of drug-likeness (QED) is 0.776. The summed E-state index contributed by atoms with van der Waals surface area (Å²) in [6.45, 7) is 1.60. The number of nitrogens with two attached hydrogens (primary N) is 1. The molecule has 122 valence electrons. The molecule has 3 rings (SSSR count). The summed E-state index contributed by atoms with van der Waals surface area (Å²) < 4.78 is 28.3. The molecule has 2 aromatic rings. The van der Waals surface area contributed by atoms with Crippen LogP contribution in [0.15, 0.2) is 41.3 Å². The van der Waals surface area contributed by atoms with Crippen LogP contribution in [0.25, 0.3) is 10.8 Å². The van der Waals surface area contributed by atoms with E-state index in [1.165, 1.54) is 12.1 Å². The number of hydrogen-bond acceptors (Lipinski definition) is 4. The molecule has 1 fully saturated rings. The number of fused-ring (bicyclic) bond motifs is 1. The topological polar surface area (TPSA) is 101 Å². The van der Waals surface area contributed by atoms with Crippen LogP contribution < -0.4 is 15.8 Å². The zero-order chi connectivity index (χ0) is 16.4. The number of carbonyl (C=O) groups excluding carboxylic acids is 1. The molecule has 0 bridgehead atoms. The third kappa shape index (κ3) is 3.21. The highest BCUT2D eigenvalue weighted by Crippen LogP contribution is 2.26.